The highest BCUT2D eigenvalue weighted by atomic mass is 35.5. The molecular formula is C23H25ClN6O2. The molecular weight excluding hydrogens is 428 g/mol. The molecule has 0 aliphatic carbocycles. The van der Waals surface area contributed by atoms with Crippen LogP contribution in [0, 0.1) is 0 Å². The molecule has 0 atom stereocenters. The van der Waals surface area contributed by atoms with Crippen molar-refractivity contribution in [1.82, 2.24) is 25.0 Å². The summed E-state index contributed by atoms with van der Waals surface area (Å²) in [5, 5.41) is 11.9. The lowest BCUT2D eigenvalue weighted by atomic mass is 10.0. The Hall–Kier alpha value is -3.07. The van der Waals surface area contributed by atoms with E-state index in [1.165, 1.54) is 0 Å². The molecule has 3 aromatic rings. The average molecular weight is 453 g/mol. The van der Waals surface area contributed by atoms with Crippen LogP contribution in [0.25, 0.3) is 5.69 Å². The normalized spacial score (nSPS) is 13.9. The highest BCUT2D eigenvalue weighted by Crippen LogP contribution is 2.26. The number of nitrogens with zero attached hydrogens (tertiary/aromatic N) is 4. The molecule has 0 saturated carbocycles. The second kappa shape index (κ2) is 10.0. The number of ketones is 1. The Balaban J connectivity index is 1.79. The monoisotopic (exact) mass is 452 g/mol. The summed E-state index contributed by atoms with van der Waals surface area (Å²) < 4.78 is 1.85. The van der Waals surface area contributed by atoms with Gasteiger partial charge >= 0.3 is 0 Å². The fourth-order valence-corrected chi connectivity index (χ4v) is 4.04. The van der Waals surface area contributed by atoms with Gasteiger partial charge < -0.3 is 11.1 Å². The van der Waals surface area contributed by atoms with E-state index in [1.54, 1.807) is 30.3 Å². The molecule has 0 unspecified atom stereocenters. The van der Waals surface area contributed by atoms with Gasteiger partial charge in [-0.25, -0.2) is 0 Å². The number of aromatic nitrogens is 3. The molecule has 1 saturated heterocycles. The fraction of sp³-hybridized carbons (Fsp3) is 0.304. The number of hydrogen-bond acceptors (Lipinski definition) is 6. The lowest BCUT2D eigenvalue weighted by Crippen LogP contribution is -2.31. The van der Waals surface area contributed by atoms with Gasteiger partial charge in [0.15, 0.2) is 17.4 Å². The molecule has 32 heavy (non-hydrogen) atoms. The second-order valence-corrected chi connectivity index (χ2v) is 8.13. The molecule has 1 aliphatic rings. The van der Waals surface area contributed by atoms with Crippen molar-refractivity contribution in [2.75, 3.05) is 19.6 Å². The molecule has 8 nitrogen and oxygen atoms in total. The maximum absolute atomic E-state index is 13.4. The Morgan fingerprint density at radius 3 is 2.47 bits per heavy atom. The maximum atomic E-state index is 13.4. The Labute approximate surface area is 191 Å². The molecule has 1 amide bonds. The van der Waals surface area contributed by atoms with Crippen molar-refractivity contribution < 1.29 is 9.59 Å². The second-order valence-electron chi connectivity index (χ2n) is 7.69. The summed E-state index contributed by atoms with van der Waals surface area (Å²) in [4.78, 5) is 27.4. The van der Waals surface area contributed by atoms with Gasteiger partial charge in [-0.2, -0.15) is 0 Å². The van der Waals surface area contributed by atoms with Gasteiger partial charge in [0.2, 0.25) is 5.91 Å². The molecule has 9 heteroatoms. The number of hydrogen-bond donors (Lipinski definition) is 2. The van der Waals surface area contributed by atoms with E-state index in [1.807, 2.05) is 22.8 Å². The number of nitrogens with one attached hydrogen (secondary N) is 1. The van der Waals surface area contributed by atoms with E-state index < -0.39 is 0 Å². The van der Waals surface area contributed by atoms with Crippen molar-refractivity contribution in [1.29, 1.82) is 0 Å². The van der Waals surface area contributed by atoms with Crippen LogP contribution in [0.5, 0.6) is 0 Å². The van der Waals surface area contributed by atoms with Crippen LogP contribution in [0.4, 0.5) is 0 Å². The standard InChI is InChI=1S/C23H25ClN6O2/c24-17-8-9-19(18(12-17)23(32)16-6-2-1-3-7-16)30-20(14-26-22(31)13-25)27-28-21(30)15-29-10-4-5-11-29/h1-3,6-9,12H,4-5,10-11,13-15,25H2,(H,26,31). The van der Waals surface area contributed by atoms with Crippen molar-refractivity contribution in [3.05, 3.63) is 76.3 Å². The molecule has 0 spiro atoms. The fourth-order valence-electron chi connectivity index (χ4n) is 3.87. The molecule has 166 valence electrons. The van der Waals surface area contributed by atoms with Gasteiger partial charge in [0, 0.05) is 16.1 Å². The highest BCUT2D eigenvalue weighted by Gasteiger charge is 2.23. The lowest BCUT2D eigenvalue weighted by Gasteiger charge is -2.18. The summed E-state index contributed by atoms with van der Waals surface area (Å²) in [5.41, 5.74) is 7.05. The predicted octanol–water partition coefficient (Wildman–Crippen LogP) is 2.32. The van der Waals surface area contributed by atoms with Crippen LogP contribution >= 0.6 is 11.6 Å². The van der Waals surface area contributed by atoms with Gasteiger partial charge in [-0.3, -0.25) is 19.1 Å². The van der Waals surface area contributed by atoms with Gasteiger partial charge in [0.25, 0.3) is 0 Å². The summed E-state index contributed by atoms with van der Waals surface area (Å²) in [5.74, 6) is 0.775. The van der Waals surface area contributed by atoms with E-state index in [9.17, 15) is 9.59 Å². The Morgan fingerprint density at radius 2 is 1.75 bits per heavy atom. The molecule has 1 aromatic heterocycles. The zero-order valence-electron chi connectivity index (χ0n) is 17.6. The molecule has 4 rings (SSSR count). The minimum atomic E-state index is -0.294. The summed E-state index contributed by atoms with van der Waals surface area (Å²) in [7, 11) is 0. The maximum Gasteiger partial charge on any atom is 0.234 e. The van der Waals surface area contributed by atoms with Gasteiger partial charge in [-0.05, 0) is 44.1 Å². The summed E-state index contributed by atoms with van der Waals surface area (Å²) in [6.07, 6.45) is 2.29. The molecule has 2 heterocycles. The van der Waals surface area contributed by atoms with Crippen molar-refractivity contribution in [3.8, 4) is 5.69 Å². The first-order valence-electron chi connectivity index (χ1n) is 10.6. The summed E-state index contributed by atoms with van der Waals surface area (Å²) >= 11 is 6.28. The third kappa shape index (κ3) is 4.88. The summed E-state index contributed by atoms with van der Waals surface area (Å²) in [6.45, 7) is 2.60. The SMILES string of the molecule is NCC(=O)NCc1nnc(CN2CCCC2)n1-c1ccc(Cl)cc1C(=O)c1ccccc1. The molecule has 0 radical (unpaired) electrons. The van der Waals surface area contributed by atoms with Crippen molar-refractivity contribution in [2.24, 2.45) is 5.73 Å². The quantitative estimate of drug-likeness (QED) is 0.508. The van der Waals surface area contributed by atoms with Gasteiger partial charge in [0.1, 0.15) is 0 Å². The van der Waals surface area contributed by atoms with E-state index in [0.717, 1.165) is 25.9 Å². The Kier molecular flexibility index (Phi) is 6.94. The number of rotatable bonds is 8. The summed E-state index contributed by atoms with van der Waals surface area (Å²) in [6, 6.07) is 14.2. The van der Waals surface area contributed by atoms with Crippen LogP contribution < -0.4 is 11.1 Å². The minimum absolute atomic E-state index is 0.118. The van der Waals surface area contributed by atoms with Crippen LogP contribution in [-0.2, 0) is 17.9 Å². The van der Waals surface area contributed by atoms with Crippen molar-refractivity contribution >= 4 is 23.3 Å². The first kappa shape index (κ1) is 22.1. The number of benzene rings is 2. The number of carbonyl (C=O) groups excluding carboxylic acids is 2. The smallest absolute Gasteiger partial charge is 0.234 e. The highest BCUT2D eigenvalue weighted by molar-refractivity contribution is 6.31. The molecule has 0 bridgehead atoms. The lowest BCUT2D eigenvalue weighted by molar-refractivity contribution is -0.119. The van der Waals surface area contributed by atoms with E-state index in [2.05, 4.69) is 20.4 Å². The number of nitrogens with two attached hydrogens (primary N) is 1. The first-order chi connectivity index (χ1) is 15.6. The predicted molar refractivity (Wildman–Crippen MR) is 122 cm³/mol. The Morgan fingerprint density at radius 1 is 1.03 bits per heavy atom. The first-order valence-corrected chi connectivity index (χ1v) is 11.0. The number of amides is 1. The van der Waals surface area contributed by atoms with Crippen molar-refractivity contribution in [2.45, 2.75) is 25.9 Å². The average Bonchev–Trinajstić information content (AvgIpc) is 3.48. The van der Waals surface area contributed by atoms with E-state index in [0.29, 0.717) is 40.0 Å². The van der Waals surface area contributed by atoms with Crippen LogP contribution in [0.1, 0.15) is 40.4 Å². The van der Waals surface area contributed by atoms with Gasteiger partial charge in [-0.15, -0.1) is 10.2 Å². The van der Waals surface area contributed by atoms with Crippen LogP contribution in [0.15, 0.2) is 48.5 Å². The molecule has 2 aromatic carbocycles. The zero-order valence-corrected chi connectivity index (χ0v) is 18.4. The topological polar surface area (TPSA) is 106 Å². The number of carbonyl (C=O) groups is 2. The van der Waals surface area contributed by atoms with Crippen LogP contribution in [0.2, 0.25) is 5.02 Å². The molecule has 3 N–H and O–H groups in total. The third-order valence-electron chi connectivity index (χ3n) is 5.47. The Bertz CT molecular complexity index is 1110. The zero-order chi connectivity index (χ0) is 22.5. The number of likely N-dealkylation sites (tertiary alicyclic amines) is 1. The minimum Gasteiger partial charge on any atom is -0.348 e. The van der Waals surface area contributed by atoms with E-state index in [4.69, 9.17) is 17.3 Å². The largest absolute Gasteiger partial charge is 0.348 e. The van der Waals surface area contributed by atoms with E-state index >= 15 is 0 Å². The third-order valence-corrected chi connectivity index (χ3v) is 5.71. The molecule has 1 fully saturated rings. The number of halogens is 1. The van der Waals surface area contributed by atoms with Gasteiger partial charge in [-0.1, -0.05) is 41.9 Å². The van der Waals surface area contributed by atoms with Crippen molar-refractivity contribution in [3.63, 3.8) is 0 Å². The van der Waals surface area contributed by atoms with E-state index in [-0.39, 0.29) is 24.8 Å². The van der Waals surface area contributed by atoms with Crippen LogP contribution in [0.3, 0.4) is 0 Å². The van der Waals surface area contributed by atoms with Crippen LogP contribution in [-0.4, -0.2) is 51.0 Å². The van der Waals surface area contributed by atoms with Gasteiger partial charge in [0.05, 0.1) is 25.3 Å². The molecule has 1 aliphatic heterocycles.